The molecule has 0 atom stereocenters. The zero-order valence-corrected chi connectivity index (χ0v) is 15.1. The second-order valence-corrected chi connectivity index (χ2v) is 6.76. The molecule has 3 rings (SSSR count). The number of anilines is 2. The number of carbonyl (C=O) groups is 2. The smallest absolute Gasteiger partial charge is 0.321 e. The molecule has 1 aromatic rings. The van der Waals surface area contributed by atoms with Crippen molar-refractivity contribution in [2.24, 2.45) is 0 Å². The molecule has 2 heterocycles. The molecule has 2 fully saturated rings. The lowest BCUT2D eigenvalue weighted by Gasteiger charge is -2.34. The molecule has 1 N–H and O–H groups in total. The number of rotatable bonds is 2. The van der Waals surface area contributed by atoms with E-state index in [0.29, 0.717) is 26.2 Å². The Hall–Kier alpha value is -2.28. The van der Waals surface area contributed by atoms with E-state index < -0.39 is 0 Å². The van der Waals surface area contributed by atoms with Gasteiger partial charge in [0.2, 0.25) is 5.91 Å². The maximum absolute atomic E-state index is 12.4. The summed E-state index contributed by atoms with van der Waals surface area (Å²) in [6.07, 6.45) is 0. The highest BCUT2D eigenvalue weighted by molar-refractivity contribution is 5.89. The summed E-state index contributed by atoms with van der Waals surface area (Å²) in [5.74, 6) is 0.0690. The summed E-state index contributed by atoms with van der Waals surface area (Å²) in [6.45, 7) is 8.13. The third-order valence-corrected chi connectivity index (χ3v) is 5.00. The van der Waals surface area contributed by atoms with E-state index >= 15 is 0 Å². The Morgan fingerprint density at radius 1 is 0.840 bits per heavy atom. The molecule has 0 radical (unpaired) electrons. The first-order chi connectivity index (χ1) is 12.0. The van der Waals surface area contributed by atoms with Gasteiger partial charge in [-0.2, -0.15) is 0 Å². The van der Waals surface area contributed by atoms with Crippen LogP contribution in [0.3, 0.4) is 0 Å². The number of hydrogen-bond acceptors (Lipinski definition) is 4. The number of benzene rings is 1. The molecule has 136 valence electrons. The summed E-state index contributed by atoms with van der Waals surface area (Å²) in [5.41, 5.74) is 2.00. The maximum Gasteiger partial charge on any atom is 0.321 e. The summed E-state index contributed by atoms with van der Waals surface area (Å²) in [7, 11) is 2.15. The van der Waals surface area contributed by atoms with Crippen LogP contribution in [0.4, 0.5) is 16.2 Å². The van der Waals surface area contributed by atoms with Gasteiger partial charge in [0.15, 0.2) is 0 Å². The summed E-state index contributed by atoms with van der Waals surface area (Å²) in [5, 5.41) is 2.95. The van der Waals surface area contributed by atoms with Crippen molar-refractivity contribution in [3.05, 3.63) is 24.3 Å². The van der Waals surface area contributed by atoms with E-state index in [2.05, 4.69) is 34.3 Å². The van der Waals surface area contributed by atoms with Gasteiger partial charge < -0.3 is 24.9 Å². The lowest BCUT2D eigenvalue weighted by atomic mass is 10.2. The minimum absolute atomic E-state index is 0.0690. The number of nitrogens with zero attached hydrogens (tertiary/aromatic N) is 4. The highest BCUT2D eigenvalue weighted by atomic mass is 16.2. The molecule has 7 nitrogen and oxygen atoms in total. The number of hydrogen-bond donors (Lipinski definition) is 1. The summed E-state index contributed by atoms with van der Waals surface area (Å²) in [6, 6.07) is 7.94. The van der Waals surface area contributed by atoms with Crippen LogP contribution in [-0.2, 0) is 4.79 Å². The second-order valence-electron chi connectivity index (χ2n) is 6.76. The standard InChI is InChI=1S/C18H27N5O2/c1-15(24)21-11-13-23(14-12-21)18(25)19-16-3-5-17(6-4-16)22-9-7-20(2)8-10-22/h3-6H,7-14H2,1-2H3,(H,19,25). The fourth-order valence-corrected chi connectivity index (χ4v) is 3.25. The van der Waals surface area contributed by atoms with Crippen molar-refractivity contribution in [3.8, 4) is 0 Å². The topological polar surface area (TPSA) is 59.1 Å². The number of piperazine rings is 2. The van der Waals surface area contributed by atoms with Crippen molar-refractivity contribution in [1.82, 2.24) is 14.7 Å². The SMILES string of the molecule is CC(=O)N1CCN(C(=O)Nc2ccc(N3CCN(C)CC3)cc2)CC1. The Bertz CT molecular complexity index is 602. The molecule has 0 spiro atoms. The van der Waals surface area contributed by atoms with E-state index in [-0.39, 0.29) is 11.9 Å². The minimum atomic E-state index is -0.101. The van der Waals surface area contributed by atoms with Crippen molar-refractivity contribution in [3.63, 3.8) is 0 Å². The fraction of sp³-hybridized carbons (Fsp3) is 0.556. The van der Waals surface area contributed by atoms with Gasteiger partial charge >= 0.3 is 6.03 Å². The molecule has 25 heavy (non-hydrogen) atoms. The monoisotopic (exact) mass is 345 g/mol. The Labute approximate surface area is 149 Å². The minimum Gasteiger partial charge on any atom is -0.369 e. The van der Waals surface area contributed by atoms with Gasteiger partial charge in [-0.1, -0.05) is 0 Å². The molecule has 2 saturated heterocycles. The van der Waals surface area contributed by atoms with Crippen LogP contribution >= 0.6 is 0 Å². The Morgan fingerprint density at radius 3 is 1.96 bits per heavy atom. The Morgan fingerprint density at radius 2 is 1.40 bits per heavy atom. The normalized spacial score (nSPS) is 19.0. The van der Waals surface area contributed by atoms with E-state index in [1.165, 1.54) is 5.69 Å². The maximum atomic E-state index is 12.4. The van der Waals surface area contributed by atoms with E-state index in [1.807, 2.05) is 12.1 Å². The molecule has 0 unspecified atom stereocenters. The molecular formula is C18H27N5O2. The number of urea groups is 1. The van der Waals surface area contributed by atoms with Crippen molar-refractivity contribution >= 4 is 23.3 Å². The number of nitrogens with one attached hydrogen (secondary N) is 1. The molecular weight excluding hydrogens is 318 g/mol. The number of likely N-dealkylation sites (N-methyl/N-ethyl adjacent to an activating group) is 1. The van der Waals surface area contributed by atoms with Gasteiger partial charge in [0, 0.05) is 70.7 Å². The fourth-order valence-electron chi connectivity index (χ4n) is 3.25. The zero-order valence-electron chi connectivity index (χ0n) is 15.1. The van der Waals surface area contributed by atoms with Gasteiger partial charge in [0.05, 0.1) is 0 Å². The van der Waals surface area contributed by atoms with Gasteiger partial charge in [0.1, 0.15) is 0 Å². The van der Waals surface area contributed by atoms with Crippen molar-refractivity contribution in [1.29, 1.82) is 0 Å². The first-order valence-corrected chi connectivity index (χ1v) is 8.88. The molecule has 0 bridgehead atoms. The van der Waals surface area contributed by atoms with Gasteiger partial charge in [0.25, 0.3) is 0 Å². The average Bonchev–Trinajstić information content (AvgIpc) is 2.63. The third-order valence-electron chi connectivity index (χ3n) is 5.00. The molecule has 0 aliphatic carbocycles. The second kappa shape index (κ2) is 7.74. The summed E-state index contributed by atoms with van der Waals surface area (Å²) in [4.78, 5) is 31.9. The largest absolute Gasteiger partial charge is 0.369 e. The average molecular weight is 345 g/mol. The molecule has 2 aliphatic rings. The van der Waals surface area contributed by atoms with Crippen LogP contribution in [0.5, 0.6) is 0 Å². The van der Waals surface area contributed by atoms with Gasteiger partial charge in [-0.05, 0) is 31.3 Å². The van der Waals surface area contributed by atoms with Crippen molar-refractivity contribution in [2.45, 2.75) is 6.92 Å². The predicted octanol–water partition coefficient (Wildman–Crippen LogP) is 1.13. The molecule has 3 amide bonds. The zero-order chi connectivity index (χ0) is 17.8. The molecule has 7 heteroatoms. The van der Waals surface area contributed by atoms with Crippen LogP contribution in [0.25, 0.3) is 0 Å². The van der Waals surface area contributed by atoms with Crippen LogP contribution < -0.4 is 10.2 Å². The molecule has 1 aromatic carbocycles. The lowest BCUT2D eigenvalue weighted by Crippen LogP contribution is -2.51. The van der Waals surface area contributed by atoms with Crippen molar-refractivity contribution < 1.29 is 9.59 Å². The molecule has 0 saturated carbocycles. The van der Waals surface area contributed by atoms with Crippen LogP contribution in [0.1, 0.15) is 6.92 Å². The van der Waals surface area contributed by atoms with E-state index in [1.54, 1.807) is 16.7 Å². The van der Waals surface area contributed by atoms with Gasteiger partial charge in [-0.3, -0.25) is 4.79 Å². The lowest BCUT2D eigenvalue weighted by molar-refractivity contribution is -0.130. The van der Waals surface area contributed by atoms with E-state index in [0.717, 1.165) is 31.9 Å². The first-order valence-electron chi connectivity index (χ1n) is 8.88. The summed E-state index contributed by atoms with van der Waals surface area (Å²) < 4.78 is 0. The quantitative estimate of drug-likeness (QED) is 0.873. The van der Waals surface area contributed by atoms with Crippen molar-refractivity contribution in [2.75, 3.05) is 69.6 Å². The highest BCUT2D eigenvalue weighted by Crippen LogP contribution is 2.19. The van der Waals surface area contributed by atoms with Crippen LogP contribution in [0.15, 0.2) is 24.3 Å². The van der Waals surface area contributed by atoms with Crippen LogP contribution in [-0.4, -0.2) is 86.0 Å². The van der Waals surface area contributed by atoms with Crippen LogP contribution in [0.2, 0.25) is 0 Å². The Kier molecular flexibility index (Phi) is 5.43. The third kappa shape index (κ3) is 4.42. The Balaban J connectivity index is 1.51. The van der Waals surface area contributed by atoms with Crippen LogP contribution in [0, 0.1) is 0 Å². The predicted molar refractivity (Wildman–Crippen MR) is 99.0 cm³/mol. The summed E-state index contributed by atoms with van der Waals surface area (Å²) >= 11 is 0. The number of carbonyl (C=O) groups excluding carboxylic acids is 2. The van der Waals surface area contributed by atoms with Gasteiger partial charge in [-0.25, -0.2) is 4.79 Å². The highest BCUT2D eigenvalue weighted by Gasteiger charge is 2.22. The van der Waals surface area contributed by atoms with E-state index in [4.69, 9.17) is 0 Å². The molecule has 2 aliphatic heterocycles. The van der Waals surface area contributed by atoms with Gasteiger partial charge in [-0.15, -0.1) is 0 Å². The first kappa shape index (κ1) is 17.5. The molecule has 0 aromatic heterocycles. The number of amides is 3. The van der Waals surface area contributed by atoms with E-state index in [9.17, 15) is 9.59 Å².